The van der Waals surface area contributed by atoms with Crippen molar-refractivity contribution in [1.29, 1.82) is 5.26 Å². The van der Waals surface area contributed by atoms with Crippen LogP contribution in [0.25, 0.3) is 0 Å². The first-order valence-electron chi connectivity index (χ1n) is 7.73. The molecule has 0 aliphatic carbocycles. The molecule has 0 spiro atoms. The van der Waals surface area contributed by atoms with E-state index >= 15 is 0 Å². The van der Waals surface area contributed by atoms with E-state index in [4.69, 9.17) is 5.26 Å². The summed E-state index contributed by atoms with van der Waals surface area (Å²) < 4.78 is 0. The zero-order chi connectivity index (χ0) is 17.6. The van der Waals surface area contributed by atoms with Gasteiger partial charge in [-0.2, -0.15) is 5.26 Å². The molecule has 128 valence electrons. The zero-order valence-electron chi connectivity index (χ0n) is 13.6. The lowest BCUT2D eigenvalue weighted by atomic mass is 10.0. The number of nitrogens with zero attached hydrogens (tertiary/aromatic N) is 5. The molecule has 10 nitrogen and oxygen atoms in total. The summed E-state index contributed by atoms with van der Waals surface area (Å²) in [7, 11) is 1.54. The molecule has 3 heterocycles. The van der Waals surface area contributed by atoms with E-state index in [1.165, 1.54) is 12.4 Å². The summed E-state index contributed by atoms with van der Waals surface area (Å²) in [5, 5.41) is 28.7. The van der Waals surface area contributed by atoms with Crippen LogP contribution in [0.5, 0.6) is 0 Å². The fourth-order valence-electron chi connectivity index (χ4n) is 2.20. The molecule has 0 unspecified atom stereocenters. The van der Waals surface area contributed by atoms with E-state index in [0.717, 1.165) is 19.6 Å². The third-order valence-corrected chi connectivity index (χ3v) is 3.71. The Morgan fingerprint density at radius 2 is 2.16 bits per heavy atom. The Hall–Kier alpha value is -3.32. The van der Waals surface area contributed by atoms with E-state index in [-0.39, 0.29) is 17.3 Å². The van der Waals surface area contributed by atoms with E-state index in [9.17, 15) is 4.79 Å². The molecule has 0 radical (unpaired) electrons. The minimum atomic E-state index is -0.313. The SMILES string of the molecule is CNC(=O)c1nnc(Nc2cnc(C#N)cn2)cc1NCC1CNC1. The summed E-state index contributed by atoms with van der Waals surface area (Å²) in [6.45, 7) is 2.64. The molecule has 2 aromatic rings. The molecule has 25 heavy (non-hydrogen) atoms. The smallest absolute Gasteiger partial charge is 0.273 e. The Bertz CT molecular complexity index is 796. The van der Waals surface area contributed by atoms with E-state index in [1.807, 2.05) is 6.07 Å². The topological polar surface area (TPSA) is 141 Å². The summed E-state index contributed by atoms with van der Waals surface area (Å²) in [6.07, 6.45) is 2.79. The second kappa shape index (κ2) is 7.50. The Labute approximate surface area is 144 Å². The minimum absolute atomic E-state index is 0.225. The lowest BCUT2D eigenvalue weighted by molar-refractivity contribution is 0.0958. The summed E-state index contributed by atoms with van der Waals surface area (Å²) >= 11 is 0. The summed E-state index contributed by atoms with van der Waals surface area (Å²) in [4.78, 5) is 20.0. The number of aromatic nitrogens is 4. The first kappa shape index (κ1) is 16.5. The van der Waals surface area contributed by atoms with E-state index in [1.54, 1.807) is 13.1 Å². The molecule has 0 atom stereocenters. The highest BCUT2D eigenvalue weighted by molar-refractivity contribution is 5.97. The van der Waals surface area contributed by atoms with Crippen molar-refractivity contribution in [3.8, 4) is 6.07 Å². The van der Waals surface area contributed by atoms with Crippen LogP contribution in [0.3, 0.4) is 0 Å². The van der Waals surface area contributed by atoms with Gasteiger partial charge in [0.2, 0.25) is 0 Å². The average molecular weight is 339 g/mol. The Morgan fingerprint density at radius 3 is 2.76 bits per heavy atom. The number of nitrogens with one attached hydrogen (secondary N) is 4. The number of carbonyl (C=O) groups is 1. The number of nitriles is 1. The molecule has 1 fully saturated rings. The van der Waals surface area contributed by atoms with Gasteiger partial charge in [-0.25, -0.2) is 9.97 Å². The molecule has 1 aliphatic rings. The molecule has 0 aromatic carbocycles. The molecule has 0 bridgehead atoms. The Morgan fingerprint density at radius 1 is 1.32 bits per heavy atom. The maximum absolute atomic E-state index is 12.0. The van der Waals surface area contributed by atoms with Gasteiger partial charge in [0.1, 0.15) is 11.9 Å². The van der Waals surface area contributed by atoms with Crippen molar-refractivity contribution in [2.75, 3.05) is 37.3 Å². The first-order valence-corrected chi connectivity index (χ1v) is 7.73. The highest BCUT2D eigenvalue weighted by atomic mass is 16.1. The summed E-state index contributed by atoms with van der Waals surface area (Å²) in [5.41, 5.74) is 1.04. The maximum atomic E-state index is 12.0. The van der Waals surface area contributed by atoms with Crippen molar-refractivity contribution in [3.05, 3.63) is 29.8 Å². The second-order valence-electron chi connectivity index (χ2n) is 5.50. The molecule has 1 amide bonds. The van der Waals surface area contributed by atoms with Gasteiger partial charge < -0.3 is 21.3 Å². The van der Waals surface area contributed by atoms with Crippen LogP contribution in [-0.4, -0.2) is 52.8 Å². The monoisotopic (exact) mass is 339 g/mol. The van der Waals surface area contributed by atoms with Crippen molar-refractivity contribution >= 4 is 23.2 Å². The van der Waals surface area contributed by atoms with E-state index in [2.05, 4.69) is 41.4 Å². The van der Waals surface area contributed by atoms with Crippen LogP contribution in [0, 0.1) is 17.2 Å². The molecule has 1 aliphatic heterocycles. The quantitative estimate of drug-likeness (QED) is 0.566. The predicted molar refractivity (Wildman–Crippen MR) is 90.3 cm³/mol. The Kier molecular flexibility index (Phi) is 4.96. The number of hydrogen-bond acceptors (Lipinski definition) is 9. The molecular weight excluding hydrogens is 322 g/mol. The standard InChI is InChI=1S/C15H17N9O/c1-17-15(25)14-11(20-6-9-4-18-5-9)2-12(23-24-14)22-13-8-19-10(3-16)7-21-13/h2,7-9,18H,4-6H2,1H3,(H,17,25)(H2,20,21,22,23). The van der Waals surface area contributed by atoms with Crippen molar-refractivity contribution < 1.29 is 4.79 Å². The fourth-order valence-corrected chi connectivity index (χ4v) is 2.20. The molecule has 1 saturated heterocycles. The lowest BCUT2D eigenvalue weighted by Gasteiger charge is -2.27. The summed E-state index contributed by atoms with van der Waals surface area (Å²) in [5.74, 6) is 1.05. The number of rotatable bonds is 6. The van der Waals surface area contributed by atoms with Gasteiger partial charge in [-0.1, -0.05) is 0 Å². The zero-order valence-corrected chi connectivity index (χ0v) is 13.6. The normalized spacial score (nSPS) is 13.4. The Balaban J connectivity index is 1.78. The highest BCUT2D eigenvalue weighted by Gasteiger charge is 2.19. The van der Waals surface area contributed by atoms with Crippen LogP contribution in [0.1, 0.15) is 16.2 Å². The van der Waals surface area contributed by atoms with Crippen LogP contribution in [0.15, 0.2) is 18.5 Å². The average Bonchev–Trinajstić information content (AvgIpc) is 2.60. The van der Waals surface area contributed by atoms with Gasteiger partial charge in [-0.15, -0.1) is 10.2 Å². The van der Waals surface area contributed by atoms with Gasteiger partial charge in [-0.05, 0) is 0 Å². The van der Waals surface area contributed by atoms with Crippen molar-refractivity contribution in [2.45, 2.75) is 0 Å². The third-order valence-electron chi connectivity index (χ3n) is 3.71. The van der Waals surface area contributed by atoms with Crippen molar-refractivity contribution in [1.82, 2.24) is 30.8 Å². The van der Waals surface area contributed by atoms with Crippen molar-refractivity contribution in [2.24, 2.45) is 5.92 Å². The minimum Gasteiger partial charge on any atom is -0.383 e. The van der Waals surface area contributed by atoms with Gasteiger partial charge in [-0.3, -0.25) is 4.79 Å². The van der Waals surface area contributed by atoms with Crippen molar-refractivity contribution in [3.63, 3.8) is 0 Å². The summed E-state index contributed by atoms with van der Waals surface area (Å²) in [6, 6.07) is 3.60. The van der Waals surface area contributed by atoms with E-state index in [0.29, 0.717) is 23.2 Å². The van der Waals surface area contributed by atoms with Gasteiger partial charge >= 0.3 is 0 Å². The number of anilines is 3. The third kappa shape index (κ3) is 3.96. The number of carbonyl (C=O) groups excluding carboxylic acids is 1. The number of hydrogen-bond donors (Lipinski definition) is 4. The molecule has 3 rings (SSSR count). The van der Waals surface area contributed by atoms with Gasteiger partial charge in [0.25, 0.3) is 5.91 Å². The molecule has 0 saturated carbocycles. The molecule has 10 heteroatoms. The molecular formula is C15H17N9O. The predicted octanol–water partition coefficient (Wildman–Crippen LogP) is -0.127. The van der Waals surface area contributed by atoms with Crippen LogP contribution >= 0.6 is 0 Å². The number of amides is 1. The maximum Gasteiger partial charge on any atom is 0.273 e. The van der Waals surface area contributed by atoms with Crippen LogP contribution in [0.4, 0.5) is 17.3 Å². The van der Waals surface area contributed by atoms with Crippen LogP contribution < -0.4 is 21.3 Å². The highest BCUT2D eigenvalue weighted by Crippen LogP contribution is 2.19. The van der Waals surface area contributed by atoms with Gasteiger partial charge in [0.15, 0.2) is 17.2 Å². The fraction of sp³-hybridized carbons (Fsp3) is 0.333. The van der Waals surface area contributed by atoms with Crippen LogP contribution in [0.2, 0.25) is 0 Å². The van der Waals surface area contributed by atoms with E-state index < -0.39 is 0 Å². The molecule has 4 N–H and O–H groups in total. The largest absolute Gasteiger partial charge is 0.383 e. The second-order valence-corrected chi connectivity index (χ2v) is 5.50. The lowest BCUT2D eigenvalue weighted by Crippen LogP contribution is -2.45. The van der Waals surface area contributed by atoms with Gasteiger partial charge in [0.05, 0.1) is 18.1 Å². The van der Waals surface area contributed by atoms with Crippen LogP contribution in [-0.2, 0) is 0 Å². The molecule has 2 aromatic heterocycles. The first-order chi connectivity index (χ1) is 12.2. The van der Waals surface area contributed by atoms with Gasteiger partial charge in [0, 0.05) is 38.7 Å².